The summed E-state index contributed by atoms with van der Waals surface area (Å²) in [5, 5.41) is 10.7. The standard InChI is InChI=1S/C7H12N4/c1-6(8-2)5-7-9-3-4-10-11-7/h3-4,6,8H,5H2,1-2H3. The number of rotatable bonds is 3. The van der Waals surface area contributed by atoms with E-state index >= 15 is 0 Å². The summed E-state index contributed by atoms with van der Waals surface area (Å²) >= 11 is 0. The van der Waals surface area contributed by atoms with Gasteiger partial charge in [0.25, 0.3) is 0 Å². The van der Waals surface area contributed by atoms with Crippen LogP contribution in [0.1, 0.15) is 12.7 Å². The Bertz CT molecular complexity index is 199. The van der Waals surface area contributed by atoms with Gasteiger partial charge in [0, 0.05) is 18.7 Å². The molecule has 0 saturated heterocycles. The maximum absolute atomic E-state index is 4.05. The first kappa shape index (κ1) is 8.07. The van der Waals surface area contributed by atoms with Crippen molar-refractivity contribution in [3.63, 3.8) is 0 Å². The Morgan fingerprint density at radius 2 is 2.36 bits per heavy atom. The van der Waals surface area contributed by atoms with Crippen LogP contribution in [0.3, 0.4) is 0 Å². The Morgan fingerprint density at radius 1 is 1.55 bits per heavy atom. The van der Waals surface area contributed by atoms with E-state index in [1.807, 2.05) is 7.05 Å². The zero-order valence-corrected chi connectivity index (χ0v) is 6.78. The molecule has 0 fully saturated rings. The smallest absolute Gasteiger partial charge is 0.152 e. The molecule has 1 N–H and O–H groups in total. The number of aromatic nitrogens is 3. The summed E-state index contributed by atoms with van der Waals surface area (Å²) in [5.74, 6) is 0.786. The molecule has 1 unspecified atom stereocenters. The van der Waals surface area contributed by atoms with E-state index in [1.165, 1.54) is 0 Å². The molecular weight excluding hydrogens is 140 g/mol. The first-order valence-corrected chi connectivity index (χ1v) is 3.62. The van der Waals surface area contributed by atoms with Gasteiger partial charge in [0.2, 0.25) is 0 Å². The fourth-order valence-electron chi connectivity index (χ4n) is 0.744. The molecule has 1 atom stereocenters. The van der Waals surface area contributed by atoms with Crippen LogP contribution in [-0.2, 0) is 6.42 Å². The van der Waals surface area contributed by atoms with E-state index in [-0.39, 0.29) is 0 Å². The van der Waals surface area contributed by atoms with E-state index < -0.39 is 0 Å². The third-order valence-electron chi connectivity index (χ3n) is 1.51. The van der Waals surface area contributed by atoms with E-state index in [4.69, 9.17) is 0 Å². The molecule has 60 valence electrons. The Labute approximate surface area is 66.1 Å². The van der Waals surface area contributed by atoms with Gasteiger partial charge in [-0.2, -0.15) is 5.10 Å². The van der Waals surface area contributed by atoms with E-state index in [9.17, 15) is 0 Å². The summed E-state index contributed by atoms with van der Waals surface area (Å²) in [6.07, 6.45) is 4.06. The molecular formula is C7H12N4. The quantitative estimate of drug-likeness (QED) is 0.663. The predicted octanol–water partition coefficient (Wildman–Crippen LogP) is 0.0220. The van der Waals surface area contributed by atoms with E-state index in [1.54, 1.807) is 12.4 Å². The van der Waals surface area contributed by atoms with Gasteiger partial charge in [0.1, 0.15) is 0 Å². The molecule has 1 aromatic rings. The first-order chi connectivity index (χ1) is 5.33. The summed E-state index contributed by atoms with van der Waals surface area (Å²) in [6.45, 7) is 2.08. The zero-order valence-electron chi connectivity index (χ0n) is 6.78. The van der Waals surface area contributed by atoms with Crippen LogP contribution in [0.5, 0.6) is 0 Å². The molecule has 0 radical (unpaired) electrons. The molecule has 0 spiro atoms. The topological polar surface area (TPSA) is 50.7 Å². The number of hydrogen-bond donors (Lipinski definition) is 1. The Balaban J connectivity index is 2.51. The second-order valence-electron chi connectivity index (χ2n) is 2.45. The molecule has 0 bridgehead atoms. The fraction of sp³-hybridized carbons (Fsp3) is 0.571. The van der Waals surface area contributed by atoms with Crippen LogP contribution in [0.25, 0.3) is 0 Å². The van der Waals surface area contributed by atoms with Crippen molar-refractivity contribution < 1.29 is 0 Å². The highest BCUT2D eigenvalue weighted by molar-refractivity contribution is 4.85. The van der Waals surface area contributed by atoms with Gasteiger partial charge in [0.15, 0.2) is 5.82 Å². The highest BCUT2D eigenvalue weighted by Crippen LogP contribution is 1.91. The Morgan fingerprint density at radius 3 is 2.91 bits per heavy atom. The zero-order chi connectivity index (χ0) is 8.10. The van der Waals surface area contributed by atoms with Gasteiger partial charge in [-0.3, -0.25) is 0 Å². The first-order valence-electron chi connectivity index (χ1n) is 3.62. The monoisotopic (exact) mass is 152 g/mol. The van der Waals surface area contributed by atoms with Crippen molar-refractivity contribution in [3.05, 3.63) is 18.2 Å². The summed E-state index contributed by atoms with van der Waals surface area (Å²) in [4.78, 5) is 4.05. The van der Waals surface area contributed by atoms with Crippen LogP contribution < -0.4 is 5.32 Å². The van der Waals surface area contributed by atoms with Gasteiger partial charge in [0.05, 0.1) is 6.20 Å². The molecule has 0 amide bonds. The minimum absolute atomic E-state index is 0.402. The van der Waals surface area contributed by atoms with Crippen LogP contribution in [0.15, 0.2) is 12.4 Å². The van der Waals surface area contributed by atoms with Crippen molar-refractivity contribution in [1.29, 1.82) is 0 Å². The molecule has 0 aliphatic carbocycles. The van der Waals surface area contributed by atoms with Gasteiger partial charge in [-0.15, -0.1) is 5.10 Å². The molecule has 11 heavy (non-hydrogen) atoms. The average Bonchev–Trinajstić information content (AvgIpc) is 2.06. The van der Waals surface area contributed by atoms with E-state index in [0.717, 1.165) is 12.2 Å². The molecule has 1 rings (SSSR count). The van der Waals surface area contributed by atoms with Crippen LogP contribution in [0.2, 0.25) is 0 Å². The van der Waals surface area contributed by atoms with Crippen molar-refractivity contribution in [2.75, 3.05) is 7.05 Å². The van der Waals surface area contributed by atoms with Crippen molar-refractivity contribution in [1.82, 2.24) is 20.5 Å². The lowest BCUT2D eigenvalue weighted by atomic mass is 10.2. The molecule has 4 heteroatoms. The minimum Gasteiger partial charge on any atom is -0.317 e. The van der Waals surface area contributed by atoms with Crippen LogP contribution in [0, 0.1) is 0 Å². The molecule has 0 aliphatic rings. The molecule has 1 aromatic heterocycles. The van der Waals surface area contributed by atoms with Crippen molar-refractivity contribution in [2.24, 2.45) is 0 Å². The number of hydrogen-bond acceptors (Lipinski definition) is 4. The summed E-state index contributed by atoms with van der Waals surface area (Å²) in [5.41, 5.74) is 0. The van der Waals surface area contributed by atoms with Gasteiger partial charge >= 0.3 is 0 Å². The second kappa shape index (κ2) is 3.98. The number of nitrogens with one attached hydrogen (secondary N) is 1. The van der Waals surface area contributed by atoms with Crippen LogP contribution in [0.4, 0.5) is 0 Å². The lowest BCUT2D eigenvalue weighted by Gasteiger charge is -2.06. The molecule has 1 heterocycles. The SMILES string of the molecule is CNC(C)Cc1nccnn1. The summed E-state index contributed by atoms with van der Waals surface area (Å²) < 4.78 is 0. The third-order valence-corrected chi connectivity index (χ3v) is 1.51. The minimum atomic E-state index is 0.402. The Hall–Kier alpha value is -1.03. The van der Waals surface area contributed by atoms with E-state index in [0.29, 0.717) is 6.04 Å². The molecule has 4 nitrogen and oxygen atoms in total. The fourth-order valence-corrected chi connectivity index (χ4v) is 0.744. The Kier molecular flexibility index (Phi) is 2.92. The van der Waals surface area contributed by atoms with Crippen molar-refractivity contribution >= 4 is 0 Å². The molecule has 0 saturated carbocycles. The van der Waals surface area contributed by atoms with Crippen molar-refractivity contribution in [2.45, 2.75) is 19.4 Å². The van der Waals surface area contributed by atoms with Gasteiger partial charge in [-0.25, -0.2) is 4.98 Å². The summed E-state index contributed by atoms with van der Waals surface area (Å²) in [6, 6.07) is 0.402. The second-order valence-corrected chi connectivity index (χ2v) is 2.45. The normalized spacial score (nSPS) is 12.9. The molecule has 0 aliphatic heterocycles. The van der Waals surface area contributed by atoms with Gasteiger partial charge in [-0.05, 0) is 14.0 Å². The average molecular weight is 152 g/mol. The maximum atomic E-state index is 4.05. The van der Waals surface area contributed by atoms with Crippen LogP contribution in [-0.4, -0.2) is 28.3 Å². The third kappa shape index (κ3) is 2.59. The maximum Gasteiger partial charge on any atom is 0.152 e. The highest BCUT2D eigenvalue weighted by Gasteiger charge is 2.01. The lowest BCUT2D eigenvalue weighted by Crippen LogP contribution is -2.24. The van der Waals surface area contributed by atoms with Gasteiger partial charge < -0.3 is 5.32 Å². The number of likely N-dealkylation sites (N-methyl/N-ethyl adjacent to an activating group) is 1. The predicted molar refractivity (Wildman–Crippen MR) is 42.1 cm³/mol. The van der Waals surface area contributed by atoms with Gasteiger partial charge in [-0.1, -0.05) is 0 Å². The highest BCUT2D eigenvalue weighted by atomic mass is 15.1. The van der Waals surface area contributed by atoms with Crippen molar-refractivity contribution in [3.8, 4) is 0 Å². The molecule has 0 aromatic carbocycles. The largest absolute Gasteiger partial charge is 0.317 e. The number of nitrogens with zero attached hydrogens (tertiary/aromatic N) is 3. The lowest BCUT2D eigenvalue weighted by molar-refractivity contribution is 0.584. The summed E-state index contributed by atoms with van der Waals surface area (Å²) in [7, 11) is 1.92. The van der Waals surface area contributed by atoms with E-state index in [2.05, 4.69) is 27.4 Å². The van der Waals surface area contributed by atoms with Crippen LogP contribution >= 0.6 is 0 Å².